The summed E-state index contributed by atoms with van der Waals surface area (Å²) < 4.78 is 0. The van der Waals surface area contributed by atoms with Gasteiger partial charge in [-0.1, -0.05) is 6.07 Å². The van der Waals surface area contributed by atoms with E-state index in [1.165, 1.54) is 6.07 Å². The van der Waals surface area contributed by atoms with E-state index in [0.717, 1.165) is 12.1 Å². The number of hydrogen-bond donors (Lipinski definition) is 3. The SMILES string of the molecule is O=C(O)c1cccc(C(=O)O)c1C(=O)O.[KH]. The molecule has 0 fully saturated rings. The number of carboxylic acids is 3. The van der Waals surface area contributed by atoms with Crippen LogP contribution in [0.25, 0.3) is 0 Å². The Balaban J connectivity index is 0.00000225. The molecular formula is C9H7KO6. The maximum atomic E-state index is 10.7. The molecule has 0 atom stereocenters. The summed E-state index contributed by atoms with van der Waals surface area (Å²) >= 11 is 0. The molecular weight excluding hydrogens is 243 g/mol. The molecule has 1 aromatic rings. The first-order valence-corrected chi connectivity index (χ1v) is 3.78. The molecule has 0 amide bonds. The molecule has 0 aliphatic rings. The third-order valence-electron chi connectivity index (χ3n) is 1.74. The molecule has 7 heteroatoms. The van der Waals surface area contributed by atoms with Crippen molar-refractivity contribution >= 4 is 69.3 Å². The third kappa shape index (κ3) is 3.13. The van der Waals surface area contributed by atoms with E-state index >= 15 is 0 Å². The maximum absolute atomic E-state index is 10.7. The molecule has 0 saturated carbocycles. The molecule has 3 N–H and O–H groups in total. The molecule has 16 heavy (non-hydrogen) atoms. The predicted octanol–water partition coefficient (Wildman–Crippen LogP) is 0.133. The fourth-order valence-corrected chi connectivity index (χ4v) is 1.14. The monoisotopic (exact) mass is 250 g/mol. The molecule has 0 aliphatic carbocycles. The molecule has 0 heterocycles. The molecule has 0 saturated heterocycles. The molecule has 1 rings (SSSR count). The van der Waals surface area contributed by atoms with Crippen molar-refractivity contribution in [3.8, 4) is 0 Å². The van der Waals surface area contributed by atoms with Crippen molar-refractivity contribution in [3.63, 3.8) is 0 Å². The normalized spacial score (nSPS) is 9.00. The zero-order valence-electron chi connectivity index (χ0n) is 7.30. The summed E-state index contributed by atoms with van der Waals surface area (Å²) in [5.74, 6) is -4.53. The standard InChI is InChI=1S/C9H6O6.K.H/c10-7(11)4-2-1-3-5(8(12)13)6(4)9(14)15;;/h1-3H,(H,10,11)(H,12,13)(H,14,15);;. The van der Waals surface area contributed by atoms with Crippen LogP contribution in [0.4, 0.5) is 0 Å². The summed E-state index contributed by atoms with van der Waals surface area (Å²) in [6, 6.07) is 3.26. The molecule has 0 radical (unpaired) electrons. The van der Waals surface area contributed by atoms with Crippen LogP contribution in [-0.4, -0.2) is 84.6 Å². The van der Waals surface area contributed by atoms with E-state index in [0.29, 0.717) is 0 Å². The van der Waals surface area contributed by atoms with Crippen LogP contribution in [0.3, 0.4) is 0 Å². The molecule has 1 aromatic carbocycles. The van der Waals surface area contributed by atoms with Gasteiger partial charge < -0.3 is 15.3 Å². The van der Waals surface area contributed by atoms with Gasteiger partial charge in [-0.2, -0.15) is 0 Å². The zero-order chi connectivity index (χ0) is 11.6. The van der Waals surface area contributed by atoms with Gasteiger partial charge in [-0.25, -0.2) is 14.4 Å². The molecule has 0 unspecified atom stereocenters. The van der Waals surface area contributed by atoms with Crippen LogP contribution in [0.1, 0.15) is 31.1 Å². The van der Waals surface area contributed by atoms with Crippen LogP contribution in [0.5, 0.6) is 0 Å². The van der Waals surface area contributed by atoms with Gasteiger partial charge in [0.05, 0.1) is 16.7 Å². The summed E-state index contributed by atoms with van der Waals surface area (Å²) in [7, 11) is 0. The van der Waals surface area contributed by atoms with Crippen molar-refractivity contribution in [3.05, 3.63) is 34.9 Å². The van der Waals surface area contributed by atoms with Crippen LogP contribution < -0.4 is 0 Å². The first-order valence-electron chi connectivity index (χ1n) is 3.78. The van der Waals surface area contributed by atoms with Crippen LogP contribution in [-0.2, 0) is 0 Å². The van der Waals surface area contributed by atoms with Crippen LogP contribution in [0.15, 0.2) is 18.2 Å². The summed E-state index contributed by atoms with van der Waals surface area (Å²) in [4.78, 5) is 32.0. The second-order valence-electron chi connectivity index (χ2n) is 2.64. The van der Waals surface area contributed by atoms with E-state index in [1.807, 2.05) is 0 Å². The Morgan fingerprint density at radius 1 is 0.812 bits per heavy atom. The first-order chi connectivity index (χ1) is 6.95. The minimum absolute atomic E-state index is 0. The molecule has 0 aliphatic heterocycles. The van der Waals surface area contributed by atoms with Crippen molar-refractivity contribution in [2.24, 2.45) is 0 Å². The van der Waals surface area contributed by atoms with Crippen LogP contribution >= 0.6 is 0 Å². The number of rotatable bonds is 3. The number of benzene rings is 1. The topological polar surface area (TPSA) is 112 Å². The molecule has 0 spiro atoms. The Morgan fingerprint density at radius 3 is 1.44 bits per heavy atom. The van der Waals surface area contributed by atoms with E-state index in [1.54, 1.807) is 0 Å². The van der Waals surface area contributed by atoms with Crippen molar-refractivity contribution in [1.82, 2.24) is 0 Å². The van der Waals surface area contributed by atoms with Crippen molar-refractivity contribution in [1.29, 1.82) is 0 Å². The Kier molecular flexibility index (Phi) is 5.83. The Morgan fingerprint density at radius 2 is 1.19 bits per heavy atom. The van der Waals surface area contributed by atoms with Gasteiger partial charge in [-0.15, -0.1) is 0 Å². The van der Waals surface area contributed by atoms with Gasteiger partial charge >= 0.3 is 69.3 Å². The Labute approximate surface area is 132 Å². The van der Waals surface area contributed by atoms with E-state index in [9.17, 15) is 14.4 Å². The van der Waals surface area contributed by atoms with Crippen molar-refractivity contribution in [2.45, 2.75) is 0 Å². The van der Waals surface area contributed by atoms with Gasteiger partial charge in [-0.05, 0) is 12.1 Å². The molecule has 80 valence electrons. The second kappa shape index (κ2) is 6.11. The van der Waals surface area contributed by atoms with E-state index in [4.69, 9.17) is 15.3 Å². The van der Waals surface area contributed by atoms with E-state index in [-0.39, 0.29) is 51.4 Å². The summed E-state index contributed by atoms with van der Waals surface area (Å²) in [5.41, 5.74) is -1.79. The van der Waals surface area contributed by atoms with Crippen LogP contribution in [0.2, 0.25) is 0 Å². The average Bonchev–Trinajstić information content (AvgIpc) is 2.16. The second-order valence-corrected chi connectivity index (χ2v) is 2.64. The molecule has 6 nitrogen and oxygen atoms in total. The van der Waals surface area contributed by atoms with Crippen molar-refractivity contribution < 1.29 is 29.7 Å². The average molecular weight is 250 g/mol. The molecule has 0 bridgehead atoms. The fourth-order valence-electron chi connectivity index (χ4n) is 1.14. The van der Waals surface area contributed by atoms with Gasteiger partial charge in [0.1, 0.15) is 0 Å². The van der Waals surface area contributed by atoms with Gasteiger partial charge in [0.2, 0.25) is 0 Å². The van der Waals surface area contributed by atoms with E-state index in [2.05, 4.69) is 0 Å². The van der Waals surface area contributed by atoms with Gasteiger partial charge in [0, 0.05) is 0 Å². The van der Waals surface area contributed by atoms with Crippen molar-refractivity contribution in [2.75, 3.05) is 0 Å². The number of aromatic carboxylic acids is 3. The third-order valence-corrected chi connectivity index (χ3v) is 1.74. The Bertz CT molecular complexity index is 421. The Hall–Kier alpha value is -0.734. The summed E-state index contributed by atoms with van der Waals surface area (Å²) in [6.07, 6.45) is 0. The number of carbonyl (C=O) groups is 3. The molecule has 0 aromatic heterocycles. The van der Waals surface area contributed by atoms with Gasteiger partial charge in [-0.3, -0.25) is 0 Å². The zero-order valence-corrected chi connectivity index (χ0v) is 7.30. The summed E-state index contributed by atoms with van der Waals surface area (Å²) in [6.45, 7) is 0. The number of carboxylic acid groups (broad SMARTS) is 3. The van der Waals surface area contributed by atoms with E-state index < -0.39 is 34.6 Å². The quantitative estimate of drug-likeness (QED) is 0.657. The van der Waals surface area contributed by atoms with Gasteiger partial charge in [0.15, 0.2) is 0 Å². The van der Waals surface area contributed by atoms with Crippen LogP contribution in [0, 0.1) is 0 Å². The minimum atomic E-state index is -1.58. The predicted molar refractivity (Wildman–Crippen MR) is 54.5 cm³/mol. The summed E-state index contributed by atoms with van der Waals surface area (Å²) in [5, 5.41) is 26.0. The fraction of sp³-hybridized carbons (Fsp3) is 0. The van der Waals surface area contributed by atoms with Gasteiger partial charge in [0.25, 0.3) is 0 Å². The number of hydrogen-bond acceptors (Lipinski definition) is 3. The first kappa shape index (κ1) is 15.3.